The number of carbonyl (C=O) groups excluding carboxylic acids is 2. The lowest BCUT2D eigenvalue weighted by Gasteiger charge is -2.07. The SMILES string of the molecule is CCCCCNC(=O)Cn1cnc2sc(C(=O)OCC)c(C)c2c1=O. The molecular formula is C17H23N3O4S. The molecule has 2 rings (SSSR count). The van der Waals surface area contributed by atoms with E-state index in [4.69, 9.17) is 4.74 Å². The van der Waals surface area contributed by atoms with Crippen LogP contribution in [0.15, 0.2) is 11.1 Å². The fourth-order valence-electron chi connectivity index (χ4n) is 2.48. The van der Waals surface area contributed by atoms with Gasteiger partial charge in [0.15, 0.2) is 0 Å². The number of carbonyl (C=O) groups is 2. The molecule has 1 amide bonds. The summed E-state index contributed by atoms with van der Waals surface area (Å²) in [7, 11) is 0. The van der Waals surface area contributed by atoms with Crippen LogP contribution in [0.5, 0.6) is 0 Å². The first-order chi connectivity index (χ1) is 12.0. The van der Waals surface area contributed by atoms with Gasteiger partial charge in [0.25, 0.3) is 5.56 Å². The summed E-state index contributed by atoms with van der Waals surface area (Å²) in [6, 6.07) is 0. The number of amides is 1. The first-order valence-electron chi connectivity index (χ1n) is 8.41. The Balaban J connectivity index is 2.21. The second kappa shape index (κ2) is 8.75. The molecule has 8 heteroatoms. The Labute approximate surface area is 150 Å². The molecule has 0 fully saturated rings. The van der Waals surface area contributed by atoms with Crippen LogP contribution in [0, 0.1) is 6.92 Å². The summed E-state index contributed by atoms with van der Waals surface area (Å²) in [6.45, 7) is 6.30. The predicted octanol–water partition coefficient (Wildman–Crippen LogP) is 2.25. The minimum Gasteiger partial charge on any atom is -0.462 e. The van der Waals surface area contributed by atoms with Crippen LogP contribution in [0.25, 0.3) is 10.2 Å². The van der Waals surface area contributed by atoms with Crippen LogP contribution in [0.4, 0.5) is 0 Å². The lowest BCUT2D eigenvalue weighted by Crippen LogP contribution is -2.33. The van der Waals surface area contributed by atoms with E-state index in [2.05, 4.69) is 17.2 Å². The summed E-state index contributed by atoms with van der Waals surface area (Å²) in [4.78, 5) is 41.7. The first-order valence-corrected chi connectivity index (χ1v) is 9.23. The molecular weight excluding hydrogens is 342 g/mol. The summed E-state index contributed by atoms with van der Waals surface area (Å²) < 4.78 is 6.28. The lowest BCUT2D eigenvalue weighted by atomic mass is 10.2. The van der Waals surface area contributed by atoms with Gasteiger partial charge in [-0.3, -0.25) is 14.2 Å². The predicted molar refractivity (Wildman–Crippen MR) is 97.1 cm³/mol. The van der Waals surface area contributed by atoms with E-state index in [1.807, 2.05) is 0 Å². The maximum atomic E-state index is 12.7. The standard InChI is InChI=1S/C17H23N3O4S/c1-4-6-7-8-18-12(21)9-20-10-19-15-13(16(20)22)11(3)14(25-15)17(23)24-5-2/h10H,4-9H2,1-3H3,(H,18,21). The number of hydrogen-bond acceptors (Lipinski definition) is 6. The normalized spacial score (nSPS) is 10.8. The van der Waals surface area contributed by atoms with Crippen LogP contribution in [-0.4, -0.2) is 34.6 Å². The number of esters is 1. The highest BCUT2D eigenvalue weighted by Gasteiger charge is 2.20. The Morgan fingerprint density at radius 1 is 1.32 bits per heavy atom. The van der Waals surface area contributed by atoms with Gasteiger partial charge < -0.3 is 10.1 Å². The van der Waals surface area contributed by atoms with Gasteiger partial charge in [0.05, 0.1) is 18.3 Å². The molecule has 0 saturated heterocycles. The zero-order chi connectivity index (χ0) is 18.4. The van der Waals surface area contributed by atoms with E-state index in [1.54, 1.807) is 13.8 Å². The summed E-state index contributed by atoms with van der Waals surface area (Å²) >= 11 is 1.13. The number of hydrogen-bond donors (Lipinski definition) is 1. The Kier molecular flexibility index (Phi) is 6.69. The van der Waals surface area contributed by atoms with Gasteiger partial charge in [-0.05, 0) is 25.8 Å². The van der Waals surface area contributed by atoms with Gasteiger partial charge in [0.2, 0.25) is 5.91 Å². The maximum Gasteiger partial charge on any atom is 0.348 e. The van der Waals surface area contributed by atoms with Crippen molar-refractivity contribution in [2.75, 3.05) is 13.2 Å². The van der Waals surface area contributed by atoms with E-state index < -0.39 is 5.97 Å². The lowest BCUT2D eigenvalue weighted by molar-refractivity contribution is -0.121. The number of unbranched alkanes of at least 4 members (excludes halogenated alkanes) is 2. The zero-order valence-corrected chi connectivity index (χ0v) is 15.6. The van der Waals surface area contributed by atoms with Crippen LogP contribution >= 0.6 is 11.3 Å². The van der Waals surface area contributed by atoms with Gasteiger partial charge in [-0.15, -0.1) is 11.3 Å². The van der Waals surface area contributed by atoms with Crippen LogP contribution < -0.4 is 10.9 Å². The summed E-state index contributed by atoms with van der Waals surface area (Å²) in [5.74, 6) is -0.680. The highest BCUT2D eigenvalue weighted by Crippen LogP contribution is 2.27. The van der Waals surface area contributed by atoms with Gasteiger partial charge in [0, 0.05) is 6.54 Å². The molecule has 0 aliphatic heterocycles. The number of nitrogens with one attached hydrogen (secondary N) is 1. The van der Waals surface area contributed by atoms with Crippen molar-refractivity contribution in [3.05, 3.63) is 27.1 Å². The third kappa shape index (κ3) is 4.45. The molecule has 0 spiro atoms. The molecule has 0 bridgehead atoms. The fraction of sp³-hybridized carbons (Fsp3) is 0.529. The van der Waals surface area contributed by atoms with Gasteiger partial charge in [0.1, 0.15) is 16.3 Å². The minimum atomic E-state index is -0.456. The molecule has 2 aromatic heterocycles. The highest BCUT2D eigenvalue weighted by atomic mass is 32.1. The van der Waals surface area contributed by atoms with Crippen molar-refractivity contribution in [3.63, 3.8) is 0 Å². The molecule has 2 aromatic rings. The summed E-state index contributed by atoms with van der Waals surface area (Å²) in [5.41, 5.74) is 0.228. The molecule has 0 unspecified atom stereocenters. The number of rotatable bonds is 8. The second-order valence-electron chi connectivity index (χ2n) is 5.69. The van der Waals surface area contributed by atoms with E-state index in [0.29, 0.717) is 27.2 Å². The second-order valence-corrected chi connectivity index (χ2v) is 6.69. The van der Waals surface area contributed by atoms with Crippen LogP contribution in [-0.2, 0) is 16.1 Å². The fourth-order valence-corrected chi connectivity index (χ4v) is 3.51. The average molecular weight is 365 g/mol. The summed E-state index contributed by atoms with van der Waals surface area (Å²) in [6.07, 6.45) is 4.40. The summed E-state index contributed by atoms with van der Waals surface area (Å²) in [5, 5.41) is 3.17. The molecule has 25 heavy (non-hydrogen) atoms. The van der Waals surface area contributed by atoms with Crippen molar-refractivity contribution in [1.29, 1.82) is 0 Å². The van der Waals surface area contributed by atoms with E-state index in [9.17, 15) is 14.4 Å². The molecule has 0 aliphatic rings. The molecule has 0 aliphatic carbocycles. The molecule has 136 valence electrons. The van der Waals surface area contributed by atoms with E-state index in [-0.39, 0.29) is 24.6 Å². The van der Waals surface area contributed by atoms with Gasteiger partial charge in [-0.1, -0.05) is 19.8 Å². The largest absolute Gasteiger partial charge is 0.462 e. The molecule has 1 N–H and O–H groups in total. The average Bonchev–Trinajstić information content (AvgIpc) is 2.92. The van der Waals surface area contributed by atoms with Crippen molar-refractivity contribution in [2.24, 2.45) is 0 Å². The van der Waals surface area contributed by atoms with E-state index in [1.165, 1.54) is 10.9 Å². The number of thiophene rings is 1. The quantitative estimate of drug-likeness (QED) is 0.572. The maximum absolute atomic E-state index is 12.7. The molecule has 7 nitrogen and oxygen atoms in total. The van der Waals surface area contributed by atoms with Gasteiger partial charge >= 0.3 is 5.97 Å². The topological polar surface area (TPSA) is 90.3 Å². The van der Waals surface area contributed by atoms with Crippen molar-refractivity contribution in [1.82, 2.24) is 14.9 Å². The Morgan fingerprint density at radius 3 is 2.76 bits per heavy atom. The smallest absolute Gasteiger partial charge is 0.348 e. The number of fused-ring (bicyclic) bond motifs is 1. The Morgan fingerprint density at radius 2 is 2.08 bits per heavy atom. The third-order valence-electron chi connectivity index (χ3n) is 3.79. The number of aromatic nitrogens is 2. The van der Waals surface area contributed by atoms with Crippen LogP contribution in [0.3, 0.4) is 0 Å². The molecule has 0 radical (unpaired) electrons. The van der Waals surface area contributed by atoms with Crippen LogP contribution in [0.1, 0.15) is 48.3 Å². The molecule has 0 aromatic carbocycles. The van der Waals surface area contributed by atoms with Gasteiger partial charge in [-0.2, -0.15) is 0 Å². The number of nitrogens with zero attached hydrogens (tertiary/aromatic N) is 2. The zero-order valence-electron chi connectivity index (χ0n) is 14.8. The van der Waals surface area contributed by atoms with E-state index in [0.717, 1.165) is 30.6 Å². The van der Waals surface area contributed by atoms with E-state index >= 15 is 0 Å². The molecule has 2 heterocycles. The van der Waals surface area contributed by atoms with Crippen LogP contribution in [0.2, 0.25) is 0 Å². The number of ether oxygens (including phenoxy) is 1. The van der Waals surface area contributed by atoms with Gasteiger partial charge in [-0.25, -0.2) is 9.78 Å². The number of aryl methyl sites for hydroxylation is 1. The minimum absolute atomic E-state index is 0.0854. The van der Waals surface area contributed by atoms with Crippen molar-refractivity contribution in [3.8, 4) is 0 Å². The van der Waals surface area contributed by atoms with Crippen molar-refractivity contribution >= 4 is 33.4 Å². The Bertz CT molecular complexity index is 825. The third-order valence-corrected chi connectivity index (χ3v) is 4.97. The molecule has 0 atom stereocenters. The van der Waals surface area contributed by atoms with Crippen molar-refractivity contribution in [2.45, 2.75) is 46.6 Å². The molecule has 0 saturated carbocycles. The highest BCUT2D eigenvalue weighted by molar-refractivity contribution is 7.20. The Hall–Kier alpha value is -2.22. The van der Waals surface area contributed by atoms with Crippen molar-refractivity contribution < 1.29 is 14.3 Å². The monoisotopic (exact) mass is 365 g/mol. The first kappa shape index (κ1) is 19.1.